The first-order valence-corrected chi connectivity index (χ1v) is 8.90. The first-order valence-electron chi connectivity index (χ1n) is 8.52. The number of rotatable bonds is 3. The quantitative estimate of drug-likeness (QED) is 0.691. The van der Waals surface area contributed by atoms with Crippen LogP contribution in [0.25, 0.3) is 10.9 Å². The van der Waals surface area contributed by atoms with Crippen molar-refractivity contribution in [3.63, 3.8) is 0 Å². The molecule has 6 heteroatoms. The van der Waals surface area contributed by atoms with Crippen LogP contribution < -0.4 is 5.32 Å². The van der Waals surface area contributed by atoms with Crippen molar-refractivity contribution >= 4 is 28.3 Å². The summed E-state index contributed by atoms with van der Waals surface area (Å²) in [5, 5.41) is 18.9. The maximum atomic E-state index is 9.48. The van der Waals surface area contributed by atoms with Crippen molar-refractivity contribution in [2.75, 3.05) is 5.32 Å². The molecule has 2 heterocycles. The number of fused-ring (bicyclic) bond motifs is 1. The number of hydrogen-bond acceptors (Lipinski definition) is 4. The van der Waals surface area contributed by atoms with Gasteiger partial charge in [0.25, 0.3) is 0 Å². The van der Waals surface area contributed by atoms with E-state index >= 15 is 0 Å². The Morgan fingerprint density at radius 3 is 2.62 bits per heavy atom. The number of benzene rings is 1. The van der Waals surface area contributed by atoms with Crippen LogP contribution in [0.5, 0.6) is 0 Å². The zero-order valence-corrected chi connectivity index (χ0v) is 16.4. The summed E-state index contributed by atoms with van der Waals surface area (Å²) < 4.78 is 1.98. The van der Waals surface area contributed by atoms with E-state index in [0.29, 0.717) is 16.4 Å². The molecule has 0 saturated heterocycles. The van der Waals surface area contributed by atoms with E-state index in [2.05, 4.69) is 55.4 Å². The van der Waals surface area contributed by atoms with Crippen LogP contribution in [0.3, 0.4) is 0 Å². The maximum Gasteiger partial charge on any atom is 0.128 e. The molecule has 26 heavy (non-hydrogen) atoms. The van der Waals surface area contributed by atoms with Crippen LogP contribution in [0, 0.1) is 18.3 Å². The Kier molecular flexibility index (Phi) is 4.64. The topological polar surface area (TPSA) is 66.5 Å². The van der Waals surface area contributed by atoms with Gasteiger partial charge in [-0.25, -0.2) is 4.98 Å². The molecule has 1 unspecified atom stereocenters. The zero-order chi connectivity index (χ0) is 19.1. The average molecular weight is 368 g/mol. The minimum absolute atomic E-state index is 0.00916. The molecular formula is C20H22ClN5. The average Bonchev–Trinajstić information content (AvgIpc) is 2.96. The number of anilines is 1. The van der Waals surface area contributed by atoms with Crippen molar-refractivity contribution in [2.24, 2.45) is 0 Å². The summed E-state index contributed by atoms with van der Waals surface area (Å²) in [6, 6.07) is 9.38. The van der Waals surface area contributed by atoms with E-state index in [1.54, 1.807) is 18.2 Å². The molecule has 0 spiro atoms. The highest BCUT2D eigenvalue weighted by molar-refractivity contribution is 6.31. The third-order valence-electron chi connectivity index (χ3n) is 4.35. The maximum absolute atomic E-state index is 9.48. The summed E-state index contributed by atoms with van der Waals surface area (Å²) in [6.07, 6.45) is 2.07. The van der Waals surface area contributed by atoms with Gasteiger partial charge in [0.15, 0.2) is 0 Å². The highest BCUT2D eigenvalue weighted by atomic mass is 35.5. The normalized spacial score (nSPS) is 12.8. The van der Waals surface area contributed by atoms with E-state index < -0.39 is 0 Å². The van der Waals surface area contributed by atoms with E-state index in [0.717, 1.165) is 22.2 Å². The molecule has 0 radical (unpaired) electrons. The van der Waals surface area contributed by atoms with Gasteiger partial charge in [-0.05, 0) is 58.9 Å². The Labute approximate surface area is 158 Å². The second kappa shape index (κ2) is 6.62. The Morgan fingerprint density at radius 2 is 2.00 bits per heavy atom. The van der Waals surface area contributed by atoms with Gasteiger partial charge in [0, 0.05) is 22.2 Å². The van der Waals surface area contributed by atoms with E-state index in [-0.39, 0.29) is 11.6 Å². The lowest BCUT2D eigenvalue weighted by Crippen LogP contribution is -2.22. The molecule has 1 N–H and O–H groups in total. The van der Waals surface area contributed by atoms with Crippen molar-refractivity contribution < 1.29 is 0 Å². The standard InChI is InChI=1S/C20H22ClN5/c1-12(17-11-26(20(3,4)5)25-13(17)2)23-19-8-14(10-22)16-9-15(21)6-7-18(16)24-19/h6-9,11-12H,1-5H3,(H,23,24). The minimum atomic E-state index is -0.0722. The van der Waals surface area contributed by atoms with Crippen LogP contribution in [0.4, 0.5) is 5.82 Å². The highest BCUT2D eigenvalue weighted by Crippen LogP contribution is 2.27. The predicted molar refractivity (Wildman–Crippen MR) is 105 cm³/mol. The number of nitrogens with zero attached hydrogens (tertiary/aromatic N) is 4. The van der Waals surface area contributed by atoms with Gasteiger partial charge in [-0.3, -0.25) is 4.68 Å². The van der Waals surface area contributed by atoms with E-state index in [9.17, 15) is 5.26 Å². The van der Waals surface area contributed by atoms with Crippen molar-refractivity contribution in [1.29, 1.82) is 5.26 Å². The molecule has 5 nitrogen and oxygen atoms in total. The number of aromatic nitrogens is 3. The Bertz CT molecular complexity index is 1010. The highest BCUT2D eigenvalue weighted by Gasteiger charge is 2.19. The van der Waals surface area contributed by atoms with Gasteiger partial charge in [-0.1, -0.05) is 11.6 Å². The third kappa shape index (κ3) is 3.51. The van der Waals surface area contributed by atoms with Crippen LogP contribution in [0.15, 0.2) is 30.5 Å². The molecule has 0 bridgehead atoms. The summed E-state index contributed by atoms with van der Waals surface area (Å²) in [5.41, 5.74) is 3.31. The summed E-state index contributed by atoms with van der Waals surface area (Å²) in [6.45, 7) is 10.4. The number of hydrogen-bond donors (Lipinski definition) is 1. The number of halogens is 1. The first-order chi connectivity index (χ1) is 12.2. The molecule has 0 saturated carbocycles. The van der Waals surface area contributed by atoms with Crippen LogP contribution in [0.1, 0.15) is 50.6 Å². The lowest BCUT2D eigenvalue weighted by molar-refractivity contribution is 0.354. The van der Waals surface area contributed by atoms with Gasteiger partial charge in [-0.15, -0.1) is 0 Å². The van der Waals surface area contributed by atoms with Crippen molar-refractivity contribution in [2.45, 2.75) is 46.2 Å². The Morgan fingerprint density at radius 1 is 1.27 bits per heavy atom. The molecule has 0 aliphatic carbocycles. The third-order valence-corrected chi connectivity index (χ3v) is 4.58. The Hall–Kier alpha value is -2.58. The van der Waals surface area contributed by atoms with Crippen molar-refractivity contribution in [1.82, 2.24) is 14.8 Å². The Balaban J connectivity index is 1.95. The number of nitriles is 1. The molecular weight excluding hydrogens is 346 g/mol. The lowest BCUT2D eigenvalue weighted by Gasteiger charge is -2.19. The minimum Gasteiger partial charge on any atom is -0.363 e. The predicted octanol–water partition coefficient (Wildman–Crippen LogP) is 5.19. The van der Waals surface area contributed by atoms with Crippen LogP contribution in [-0.2, 0) is 5.54 Å². The van der Waals surface area contributed by atoms with Crippen molar-refractivity contribution in [3.05, 3.63) is 52.3 Å². The van der Waals surface area contributed by atoms with Crippen LogP contribution >= 0.6 is 11.6 Å². The molecule has 0 aliphatic heterocycles. The first kappa shape index (κ1) is 18.2. The molecule has 0 fully saturated rings. The number of aryl methyl sites for hydroxylation is 1. The molecule has 2 aromatic heterocycles. The molecule has 3 rings (SSSR count). The van der Waals surface area contributed by atoms with E-state index in [1.165, 1.54) is 0 Å². The lowest BCUT2D eigenvalue weighted by atomic mass is 10.1. The molecule has 134 valence electrons. The molecule has 0 aliphatic rings. The zero-order valence-electron chi connectivity index (χ0n) is 15.6. The van der Waals surface area contributed by atoms with E-state index in [1.807, 2.05) is 17.7 Å². The van der Waals surface area contributed by atoms with Gasteiger partial charge in [-0.2, -0.15) is 10.4 Å². The summed E-state index contributed by atoms with van der Waals surface area (Å²) >= 11 is 6.05. The molecule has 1 aromatic carbocycles. The van der Waals surface area contributed by atoms with E-state index in [4.69, 9.17) is 11.6 Å². The smallest absolute Gasteiger partial charge is 0.128 e. The van der Waals surface area contributed by atoms with Gasteiger partial charge < -0.3 is 5.32 Å². The van der Waals surface area contributed by atoms with Crippen LogP contribution in [-0.4, -0.2) is 14.8 Å². The van der Waals surface area contributed by atoms with Gasteiger partial charge in [0.2, 0.25) is 0 Å². The second-order valence-electron chi connectivity index (χ2n) is 7.48. The summed E-state index contributed by atoms with van der Waals surface area (Å²) in [5.74, 6) is 0.659. The number of pyridine rings is 1. The largest absolute Gasteiger partial charge is 0.363 e. The monoisotopic (exact) mass is 367 g/mol. The molecule has 3 aromatic rings. The molecule has 1 atom stereocenters. The summed E-state index contributed by atoms with van der Waals surface area (Å²) in [7, 11) is 0. The number of nitrogens with one attached hydrogen (secondary N) is 1. The second-order valence-corrected chi connectivity index (χ2v) is 7.92. The van der Waals surface area contributed by atoms with Gasteiger partial charge in [0.1, 0.15) is 5.82 Å². The van der Waals surface area contributed by atoms with Gasteiger partial charge >= 0.3 is 0 Å². The molecule has 0 amide bonds. The van der Waals surface area contributed by atoms with Crippen LogP contribution in [0.2, 0.25) is 5.02 Å². The fraction of sp³-hybridized carbons (Fsp3) is 0.350. The van der Waals surface area contributed by atoms with Gasteiger partial charge in [0.05, 0.1) is 34.4 Å². The van der Waals surface area contributed by atoms with Crippen molar-refractivity contribution in [3.8, 4) is 6.07 Å². The fourth-order valence-corrected chi connectivity index (χ4v) is 3.08. The fourth-order valence-electron chi connectivity index (χ4n) is 2.91. The summed E-state index contributed by atoms with van der Waals surface area (Å²) in [4.78, 5) is 4.63. The SMILES string of the molecule is Cc1nn(C(C)(C)C)cc1C(C)Nc1cc(C#N)c2cc(Cl)ccc2n1.